The number of hydrogen-bond acceptors (Lipinski definition) is 6. The lowest BCUT2D eigenvalue weighted by atomic mass is 9.86. The number of ketones is 1. The molecule has 3 heterocycles. The molecule has 2 aliphatic rings. The monoisotopic (exact) mass is 568 g/mol. The number of carbonyl (C=O) groups is 4. The maximum absolute atomic E-state index is 14.0. The average molecular weight is 569 g/mol. The number of fused-ring (bicyclic) bond motifs is 1. The molecule has 42 heavy (non-hydrogen) atoms. The molecular formula is C33H36N4O5. The Morgan fingerprint density at radius 1 is 1.02 bits per heavy atom. The number of rotatable bonds is 7. The number of carbonyl (C=O) groups excluding carboxylic acids is 4. The normalized spacial score (nSPS) is 19.0. The maximum Gasteiger partial charge on any atom is 0.251 e. The average Bonchev–Trinajstić information content (AvgIpc) is 3.54. The van der Waals surface area contributed by atoms with Crippen molar-refractivity contribution in [1.29, 1.82) is 0 Å². The van der Waals surface area contributed by atoms with E-state index in [4.69, 9.17) is 0 Å². The van der Waals surface area contributed by atoms with Crippen molar-refractivity contribution in [3.8, 4) is 5.75 Å². The fourth-order valence-corrected chi connectivity index (χ4v) is 5.85. The Bertz CT molecular complexity index is 1480. The predicted molar refractivity (Wildman–Crippen MR) is 157 cm³/mol. The van der Waals surface area contributed by atoms with Crippen molar-refractivity contribution < 1.29 is 24.3 Å². The Balaban J connectivity index is 1.35. The predicted octanol–water partition coefficient (Wildman–Crippen LogP) is 3.05. The molecule has 0 aliphatic carbocycles. The molecule has 5 rings (SSSR count). The number of Topliss-reactive ketones (excluding diaryl/α,β-unsaturated/α-hetero) is 1. The second-order valence-corrected chi connectivity index (χ2v) is 12.1. The molecule has 9 heteroatoms. The van der Waals surface area contributed by atoms with Crippen LogP contribution in [0, 0.1) is 0 Å². The lowest BCUT2D eigenvalue weighted by molar-refractivity contribution is -0.138. The summed E-state index contributed by atoms with van der Waals surface area (Å²) in [5, 5.41) is 12.9. The van der Waals surface area contributed by atoms with E-state index in [1.807, 2.05) is 18.2 Å². The summed E-state index contributed by atoms with van der Waals surface area (Å²) in [5.74, 6) is -1.11. The standard InChI is InChI=1S/C33H36N4O5/c1-33(2,3)24-11-9-23(10-12-24)31(41)35-26(17-21-6-4-8-25(38)16-21)32(42)36-15-13-27-30(36)28(39)20-37(27)29(40)18-22-7-5-14-34-19-22/h4-12,14,16,19,26-27,30,38H,13,15,17-18,20H2,1-3H3,(H,35,41). The van der Waals surface area contributed by atoms with Crippen LogP contribution < -0.4 is 5.32 Å². The van der Waals surface area contributed by atoms with Crippen LogP contribution in [0.1, 0.15) is 54.2 Å². The smallest absolute Gasteiger partial charge is 0.251 e. The van der Waals surface area contributed by atoms with Crippen LogP contribution in [0.15, 0.2) is 73.1 Å². The molecule has 0 spiro atoms. The minimum Gasteiger partial charge on any atom is -0.508 e. The van der Waals surface area contributed by atoms with Gasteiger partial charge in [-0.2, -0.15) is 0 Å². The number of hydrogen-bond donors (Lipinski definition) is 2. The highest BCUT2D eigenvalue weighted by atomic mass is 16.3. The van der Waals surface area contributed by atoms with Crippen molar-refractivity contribution in [3.63, 3.8) is 0 Å². The number of pyridine rings is 1. The molecule has 218 valence electrons. The second-order valence-electron chi connectivity index (χ2n) is 12.1. The molecule has 0 bridgehead atoms. The quantitative estimate of drug-likeness (QED) is 0.452. The minimum absolute atomic E-state index is 0.0535. The van der Waals surface area contributed by atoms with Crippen molar-refractivity contribution >= 4 is 23.5 Å². The number of phenols is 1. The summed E-state index contributed by atoms with van der Waals surface area (Å²) in [6.45, 7) is 6.51. The lowest BCUT2D eigenvalue weighted by Gasteiger charge is -2.28. The van der Waals surface area contributed by atoms with Gasteiger partial charge in [-0.15, -0.1) is 0 Å². The van der Waals surface area contributed by atoms with E-state index in [1.54, 1.807) is 53.7 Å². The van der Waals surface area contributed by atoms with Crippen LogP contribution in [0.4, 0.5) is 0 Å². The Kier molecular flexibility index (Phi) is 8.11. The molecule has 2 aliphatic heterocycles. The third kappa shape index (κ3) is 6.20. The largest absolute Gasteiger partial charge is 0.508 e. The molecule has 1 aromatic heterocycles. The summed E-state index contributed by atoms with van der Waals surface area (Å²) < 4.78 is 0. The van der Waals surface area contributed by atoms with Gasteiger partial charge in [-0.3, -0.25) is 24.2 Å². The van der Waals surface area contributed by atoms with Gasteiger partial charge in [0.1, 0.15) is 17.8 Å². The van der Waals surface area contributed by atoms with Gasteiger partial charge >= 0.3 is 0 Å². The zero-order valence-electron chi connectivity index (χ0n) is 24.1. The molecule has 0 saturated carbocycles. The molecule has 2 saturated heterocycles. The summed E-state index contributed by atoms with van der Waals surface area (Å²) in [6.07, 6.45) is 4.00. The van der Waals surface area contributed by atoms with Gasteiger partial charge in [0.2, 0.25) is 11.8 Å². The molecule has 3 aromatic rings. The Morgan fingerprint density at radius 3 is 2.43 bits per heavy atom. The number of aromatic nitrogens is 1. The van der Waals surface area contributed by atoms with Crippen LogP contribution in [-0.4, -0.2) is 74.6 Å². The Labute approximate surface area is 245 Å². The number of amides is 3. The zero-order chi connectivity index (χ0) is 30.0. The van der Waals surface area contributed by atoms with Crippen molar-refractivity contribution in [3.05, 3.63) is 95.3 Å². The van der Waals surface area contributed by atoms with E-state index in [-0.39, 0.29) is 48.1 Å². The highest BCUT2D eigenvalue weighted by Crippen LogP contribution is 2.31. The van der Waals surface area contributed by atoms with Gasteiger partial charge in [0.25, 0.3) is 5.91 Å². The van der Waals surface area contributed by atoms with Gasteiger partial charge in [-0.05, 0) is 58.9 Å². The van der Waals surface area contributed by atoms with E-state index in [0.717, 1.165) is 11.1 Å². The van der Waals surface area contributed by atoms with E-state index in [9.17, 15) is 24.3 Å². The first-order chi connectivity index (χ1) is 20.0. The van der Waals surface area contributed by atoms with Gasteiger partial charge < -0.3 is 20.2 Å². The molecule has 2 N–H and O–H groups in total. The highest BCUT2D eigenvalue weighted by Gasteiger charge is 2.52. The van der Waals surface area contributed by atoms with Gasteiger partial charge in [0.15, 0.2) is 5.78 Å². The van der Waals surface area contributed by atoms with Crippen LogP contribution in [0.3, 0.4) is 0 Å². The van der Waals surface area contributed by atoms with Crippen molar-refractivity contribution in [2.24, 2.45) is 0 Å². The number of benzene rings is 2. The first-order valence-electron chi connectivity index (χ1n) is 14.2. The molecule has 9 nitrogen and oxygen atoms in total. The van der Waals surface area contributed by atoms with Crippen molar-refractivity contribution in [2.75, 3.05) is 13.1 Å². The maximum atomic E-state index is 14.0. The first-order valence-corrected chi connectivity index (χ1v) is 14.2. The fraction of sp³-hybridized carbons (Fsp3) is 0.364. The fourth-order valence-electron chi connectivity index (χ4n) is 5.85. The van der Waals surface area contributed by atoms with Crippen LogP contribution >= 0.6 is 0 Å². The van der Waals surface area contributed by atoms with E-state index in [1.165, 1.54) is 11.0 Å². The number of nitrogens with one attached hydrogen (secondary N) is 1. The summed E-state index contributed by atoms with van der Waals surface area (Å²) in [7, 11) is 0. The summed E-state index contributed by atoms with van der Waals surface area (Å²) >= 11 is 0. The lowest BCUT2D eigenvalue weighted by Crippen LogP contribution is -2.53. The van der Waals surface area contributed by atoms with Crippen LogP contribution in [0.5, 0.6) is 5.75 Å². The summed E-state index contributed by atoms with van der Waals surface area (Å²) in [5.41, 5.74) is 2.85. The van der Waals surface area contributed by atoms with Gasteiger partial charge in [-0.1, -0.05) is 51.1 Å². The number of aromatic hydroxyl groups is 1. The highest BCUT2D eigenvalue weighted by molar-refractivity contribution is 6.01. The summed E-state index contributed by atoms with van der Waals surface area (Å²) in [4.78, 5) is 60.9. The molecule has 3 atom stereocenters. The minimum atomic E-state index is -0.978. The molecule has 3 amide bonds. The molecule has 0 radical (unpaired) electrons. The number of likely N-dealkylation sites (tertiary alicyclic amines) is 2. The SMILES string of the molecule is CC(C)(C)c1ccc(C(=O)NC(Cc2cccc(O)c2)C(=O)N2CCC3C2C(=O)CN3C(=O)Cc2cccnc2)cc1. The topological polar surface area (TPSA) is 120 Å². The van der Waals surface area contributed by atoms with Gasteiger partial charge in [0.05, 0.1) is 19.0 Å². The van der Waals surface area contributed by atoms with Gasteiger partial charge in [-0.25, -0.2) is 0 Å². The molecule has 2 aromatic carbocycles. The van der Waals surface area contributed by atoms with Crippen molar-refractivity contribution in [2.45, 2.75) is 63.6 Å². The Morgan fingerprint density at radius 2 is 1.76 bits per heavy atom. The second kappa shape index (κ2) is 11.8. The molecule has 3 unspecified atom stereocenters. The van der Waals surface area contributed by atoms with Gasteiger partial charge in [0, 0.05) is 30.9 Å². The van der Waals surface area contributed by atoms with E-state index in [2.05, 4.69) is 31.1 Å². The third-order valence-electron chi connectivity index (χ3n) is 8.07. The summed E-state index contributed by atoms with van der Waals surface area (Å²) in [6, 6.07) is 15.3. The molecule has 2 fully saturated rings. The molecular weight excluding hydrogens is 532 g/mol. The van der Waals surface area contributed by atoms with E-state index >= 15 is 0 Å². The zero-order valence-corrected chi connectivity index (χ0v) is 24.1. The number of nitrogens with zero attached hydrogens (tertiary/aromatic N) is 3. The van der Waals surface area contributed by atoms with Crippen LogP contribution in [-0.2, 0) is 32.6 Å². The van der Waals surface area contributed by atoms with Crippen LogP contribution in [0.2, 0.25) is 0 Å². The third-order valence-corrected chi connectivity index (χ3v) is 8.07. The Hall–Kier alpha value is -4.53. The van der Waals surface area contributed by atoms with Crippen molar-refractivity contribution in [1.82, 2.24) is 20.1 Å². The first kappa shape index (κ1) is 29.0. The van der Waals surface area contributed by atoms with Crippen LogP contribution in [0.25, 0.3) is 0 Å². The number of phenolic OH excluding ortho intramolecular Hbond substituents is 1. The van der Waals surface area contributed by atoms with E-state index < -0.39 is 24.0 Å². The van der Waals surface area contributed by atoms with E-state index in [0.29, 0.717) is 24.1 Å².